The molecule has 24 heavy (non-hydrogen) atoms. The second kappa shape index (κ2) is 5.95. The molecule has 138 valence electrons. The standard InChI is InChI=1S/C15H26N2O6S/c1-8-4-5-11-9(2)12(17-24(18)23-16)19-13-15(11)10(8)6-7-14(3,20-13)21-22-15/h8-13,17H,4-7,16H2,1-3H3/t8?,9-,10+,11+,12?,13?,14+,15?,24?/m1/s1. The summed E-state index contributed by atoms with van der Waals surface area (Å²) in [6, 6.07) is 0. The fraction of sp³-hybridized carbons (Fsp3) is 1.00. The fourth-order valence-electron chi connectivity index (χ4n) is 5.16. The Bertz CT molecular complexity index is 538. The summed E-state index contributed by atoms with van der Waals surface area (Å²) < 4.78 is 31.2. The number of hydrogen-bond donors (Lipinski definition) is 2. The molecule has 4 saturated heterocycles. The van der Waals surface area contributed by atoms with E-state index in [1.54, 1.807) is 0 Å². The van der Waals surface area contributed by atoms with E-state index in [9.17, 15) is 4.21 Å². The summed E-state index contributed by atoms with van der Waals surface area (Å²) in [7, 11) is 0. The third-order valence-electron chi connectivity index (χ3n) is 6.46. The van der Waals surface area contributed by atoms with Crippen LogP contribution in [0.5, 0.6) is 0 Å². The molecule has 9 atom stereocenters. The molecule has 5 aliphatic rings. The van der Waals surface area contributed by atoms with Gasteiger partial charge >= 0.3 is 0 Å². The molecule has 0 aromatic heterocycles. The summed E-state index contributed by atoms with van der Waals surface area (Å²) >= 11 is -1.82. The molecular weight excluding hydrogens is 336 g/mol. The molecule has 9 heteroatoms. The summed E-state index contributed by atoms with van der Waals surface area (Å²) in [5.41, 5.74) is -0.615. The van der Waals surface area contributed by atoms with E-state index in [-0.39, 0.29) is 11.8 Å². The lowest BCUT2D eigenvalue weighted by Crippen LogP contribution is -2.71. The molecule has 0 aromatic rings. The van der Waals surface area contributed by atoms with E-state index in [2.05, 4.69) is 22.9 Å². The second-order valence-electron chi connectivity index (χ2n) is 7.77. The lowest BCUT2D eigenvalue weighted by Gasteiger charge is -2.60. The van der Waals surface area contributed by atoms with Gasteiger partial charge in [-0.3, -0.25) is 0 Å². The summed E-state index contributed by atoms with van der Waals surface area (Å²) in [4.78, 5) is 11.8. The van der Waals surface area contributed by atoms with Gasteiger partial charge in [-0.25, -0.2) is 14.0 Å². The van der Waals surface area contributed by atoms with Gasteiger partial charge in [0.1, 0.15) is 6.23 Å². The molecule has 8 nitrogen and oxygen atoms in total. The summed E-state index contributed by atoms with van der Waals surface area (Å²) in [6.45, 7) is 6.21. The Balaban J connectivity index is 1.71. The fourth-order valence-corrected chi connectivity index (χ4v) is 5.68. The molecule has 2 bridgehead atoms. The maximum absolute atomic E-state index is 11.7. The van der Waals surface area contributed by atoms with Crippen molar-refractivity contribution in [3.63, 3.8) is 0 Å². The first-order valence-corrected chi connectivity index (χ1v) is 9.72. The van der Waals surface area contributed by atoms with Crippen molar-refractivity contribution in [2.24, 2.45) is 29.6 Å². The van der Waals surface area contributed by atoms with E-state index in [0.29, 0.717) is 11.8 Å². The Morgan fingerprint density at radius 3 is 2.75 bits per heavy atom. The van der Waals surface area contributed by atoms with E-state index in [1.165, 1.54) is 0 Å². The Kier molecular flexibility index (Phi) is 4.29. The molecule has 0 amide bonds. The largest absolute Gasteiger partial charge is 0.330 e. The van der Waals surface area contributed by atoms with Crippen LogP contribution in [0, 0.1) is 23.7 Å². The molecule has 0 radical (unpaired) electrons. The highest BCUT2D eigenvalue weighted by molar-refractivity contribution is 7.78. The molecule has 5 rings (SSSR count). The van der Waals surface area contributed by atoms with Gasteiger partial charge in [-0.15, -0.1) is 0 Å². The van der Waals surface area contributed by atoms with Gasteiger partial charge in [0.25, 0.3) is 11.3 Å². The highest BCUT2D eigenvalue weighted by Crippen LogP contribution is 2.60. The smallest absolute Gasteiger partial charge is 0.254 e. The van der Waals surface area contributed by atoms with E-state index in [0.717, 1.165) is 25.7 Å². The minimum atomic E-state index is -1.82. The van der Waals surface area contributed by atoms with Gasteiger partial charge in [0.15, 0.2) is 11.9 Å². The molecule has 1 spiro atoms. The van der Waals surface area contributed by atoms with Crippen LogP contribution in [0.3, 0.4) is 0 Å². The van der Waals surface area contributed by atoms with Crippen LogP contribution in [0.1, 0.15) is 46.5 Å². The number of nitrogens with one attached hydrogen (secondary N) is 1. The van der Waals surface area contributed by atoms with Crippen molar-refractivity contribution in [2.45, 2.75) is 70.4 Å². The van der Waals surface area contributed by atoms with Crippen molar-refractivity contribution in [1.29, 1.82) is 0 Å². The predicted octanol–water partition coefficient (Wildman–Crippen LogP) is 1.25. The van der Waals surface area contributed by atoms with Crippen LogP contribution < -0.4 is 10.6 Å². The number of ether oxygens (including phenoxy) is 2. The second-order valence-corrected chi connectivity index (χ2v) is 8.67. The zero-order valence-corrected chi connectivity index (χ0v) is 15.0. The highest BCUT2D eigenvalue weighted by Gasteiger charge is 2.69. The maximum Gasteiger partial charge on any atom is 0.254 e. The molecule has 0 aromatic carbocycles. The maximum atomic E-state index is 11.7. The van der Waals surface area contributed by atoms with E-state index in [1.807, 2.05) is 6.92 Å². The predicted molar refractivity (Wildman–Crippen MR) is 83.4 cm³/mol. The number of hydrogen-bond acceptors (Lipinski definition) is 7. The first kappa shape index (κ1) is 17.3. The van der Waals surface area contributed by atoms with Crippen molar-refractivity contribution in [2.75, 3.05) is 0 Å². The monoisotopic (exact) mass is 362 g/mol. The average Bonchev–Trinajstić information content (AvgIpc) is 2.78. The molecule has 1 saturated carbocycles. The lowest BCUT2D eigenvalue weighted by molar-refractivity contribution is -0.571. The van der Waals surface area contributed by atoms with Crippen molar-refractivity contribution in [3.05, 3.63) is 0 Å². The first-order chi connectivity index (χ1) is 11.4. The third kappa shape index (κ3) is 2.41. The Morgan fingerprint density at radius 1 is 1.21 bits per heavy atom. The number of rotatable bonds is 3. The quantitative estimate of drug-likeness (QED) is 0.575. The highest BCUT2D eigenvalue weighted by atomic mass is 32.2. The van der Waals surface area contributed by atoms with Gasteiger partial charge in [-0.05, 0) is 38.0 Å². The van der Waals surface area contributed by atoms with Gasteiger partial charge in [0, 0.05) is 18.3 Å². The Hall–Kier alpha value is -0.130. The van der Waals surface area contributed by atoms with Crippen LogP contribution in [0.2, 0.25) is 0 Å². The van der Waals surface area contributed by atoms with Crippen LogP contribution in [0.4, 0.5) is 0 Å². The number of fused-ring (bicyclic) bond motifs is 2. The summed E-state index contributed by atoms with van der Waals surface area (Å²) in [6.07, 6.45) is 2.79. The topological polar surface area (TPSA) is 101 Å². The van der Waals surface area contributed by atoms with Gasteiger partial charge in [-0.1, -0.05) is 13.8 Å². The Labute approximate surface area is 144 Å². The van der Waals surface area contributed by atoms with Crippen molar-refractivity contribution in [3.8, 4) is 0 Å². The van der Waals surface area contributed by atoms with Gasteiger partial charge in [-0.2, -0.15) is 14.9 Å². The van der Waals surface area contributed by atoms with Gasteiger partial charge in [0.2, 0.25) is 5.79 Å². The normalized spacial score (nSPS) is 54.8. The zero-order chi connectivity index (χ0) is 17.1. The number of nitrogens with two attached hydrogens (primary N) is 1. The molecule has 1 aliphatic carbocycles. The SMILES string of the molecule is CC1CC[C@H]2[C@@H](C)C(NS(=O)ON)OC3O[C@]4(C)CC[C@@H]1C32OO4. The van der Waals surface area contributed by atoms with Gasteiger partial charge < -0.3 is 9.47 Å². The minimum absolute atomic E-state index is 0.0463. The Morgan fingerprint density at radius 2 is 2.00 bits per heavy atom. The van der Waals surface area contributed by atoms with Crippen molar-refractivity contribution < 1.29 is 27.7 Å². The van der Waals surface area contributed by atoms with Crippen LogP contribution in [-0.4, -0.2) is 28.1 Å². The van der Waals surface area contributed by atoms with Crippen LogP contribution >= 0.6 is 0 Å². The minimum Gasteiger partial charge on any atom is -0.330 e. The molecule has 5 unspecified atom stereocenters. The lowest BCUT2D eigenvalue weighted by atomic mass is 9.58. The summed E-state index contributed by atoms with van der Waals surface area (Å²) in [5.74, 6) is 5.23. The zero-order valence-electron chi connectivity index (χ0n) is 14.2. The van der Waals surface area contributed by atoms with Gasteiger partial charge in [0.05, 0.1) is 0 Å². The van der Waals surface area contributed by atoms with Crippen LogP contribution in [0.15, 0.2) is 0 Å². The molecule has 5 fully saturated rings. The first-order valence-electron chi connectivity index (χ1n) is 8.65. The molecule has 3 N–H and O–H groups in total. The third-order valence-corrected chi connectivity index (χ3v) is 7.06. The van der Waals surface area contributed by atoms with E-state index < -0.39 is 35.2 Å². The van der Waals surface area contributed by atoms with Crippen LogP contribution in [-0.2, 0) is 34.8 Å². The molecule has 4 heterocycles. The molecular formula is C15H26N2O6S. The summed E-state index contributed by atoms with van der Waals surface area (Å²) in [5, 5.41) is 0. The van der Waals surface area contributed by atoms with Crippen molar-refractivity contribution >= 4 is 11.3 Å². The van der Waals surface area contributed by atoms with E-state index >= 15 is 0 Å². The average molecular weight is 362 g/mol. The van der Waals surface area contributed by atoms with Crippen molar-refractivity contribution in [1.82, 2.24) is 4.72 Å². The molecule has 4 aliphatic heterocycles. The van der Waals surface area contributed by atoms with E-state index in [4.69, 9.17) is 25.1 Å². The van der Waals surface area contributed by atoms with Crippen LogP contribution in [0.25, 0.3) is 0 Å².